The maximum Gasteiger partial charge on any atom is 0.306 e. The molecule has 3 atom stereocenters. The Labute approximate surface area is 148 Å². The van der Waals surface area contributed by atoms with Gasteiger partial charge in [0, 0.05) is 19.4 Å². The molecule has 2 aliphatic heterocycles. The number of amides is 2. The van der Waals surface area contributed by atoms with E-state index in [1.807, 2.05) is 12.2 Å². The molecule has 7 heteroatoms. The minimum Gasteiger partial charge on any atom is -0.463 e. The first-order chi connectivity index (χ1) is 12.0. The summed E-state index contributed by atoms with van der Waals surface area (Å²) in [7, 11) is 0. The molecular formula is C18H28N2O5. The first-order valence-electron chi connectivity index (χ1n) is 9.02. The zero-order valence-corrected chi connectivity index (χ0v) is 14.8. The molecule has 0 unspecified atom stereocenters. The first kappa shape index (κ1) is 19.4. The number of esters is 1. The van der Waals surface area contributed by atoms with Crippen LogP contribution in [-0.2, 0) is 19.1 Å². The summed E-state index contributed by atoms with van der Waals surface area (Å²) >= 11 is 0. The highest BCUT2D eigenvalue weighted by atomic mass is 16.5. The van der Waals surface area contributed by atoms with Gasteiger partial charge in [-0.15, -0.1) is 0 Å². The lowest BCUT2D eigenvalue weighted by Crippen LogP contribution is -2.43. The smallest absolute Gasteiger partial charge is 0.306 e. The minimum atomic E-state index is -0.457. The van der Waals surface area contributed by atoms with Crippen LogP contribution >= 0.6 is 0 Å². The Morgan fingerprint density at radius 3 is 2.96 bits per heavy atom. The average molecular weight is 352 g/mol. The molecule has 2 rings (SSSR count). The van der Waals surface area contributed by atoms with Gasteiger partial charge in [-0.1, -0.05) is 12.2 Å². The summed E-state index contributed by atoms with van der Waals surface area (Å²) < 4.78 is 5.11. The molecule has 2 N–H and O–H groups in total. The van der Waals surface area contributed by atoms with E-state index in [1.54, 1.807) is 11.8 Å². The van der Waals surface area contributed by atoms with Crippen LogP contribution in [0.15, 0.2) is 12.2 Å². The van der Waals surface area contributed by atoms with Crippen LogP contribution in [-0.4, -0.2) is 59.6 Å². The third-order valence-corrected chi connectivity index (χ3v) is 4.69. The second-order valence-corrected chi connectivity index (χ2v) is 6.81. The second kappa shape index (κ2) is 9.56. The Hall–Kier alpha value is -1.89. The lowest BCUT2D eigenvalue weighted by atomic mass is 9.98. The van der Waals surface area contributed by atoms with Gasteiger partial charge in [0.2, 0.25) is 11.8 Å². The SMILES string of the molecule is C[C@H]1COC(=O)CCC=CC[C@H](CC(=O)N2CCC[C@H]2CO)C(=O)N1. The van der Waals surface area contributed by atoms with Gasteiger partial charge in [0.05, 0.1) is 24.6 Å². The Bertz CT molecular complexity index is 520. The van der Waals surface area contributed by atoms with Crippen LogP contribution in [0.5, 0.6) is 0 Å². The molecule has 7 nitrogen and oxygen atoms in total. The fourth-order valence-electron chi connectivity index (χ4n) is 3.24. The van der Waals surface area contributed by atoms with E-state index in [0.717, 1.165) is 12.8 Å². The molecule has 2 amide bonds. The van der Waals surface area contributed by atoms with Crippen molar-refractivity contribution < 1.29 is 24.2 Å². The molecule has 1 saturated heterocycles. The highest BCUT2D eigenvalue weighted by Gasteiger charge is 2.31. The van der Waals surface area contributed by atoms with Crippen LogP contribution in [0.1, 0.15) is 45.4 Å². The molecule has 0 aromatic rings. The van der Waals surface area contributed by atoms with Crippen LogP contribution < -0.4 is 5.32 Å². The summed E-state index contributed by atoms with van der Waals surface area (Å²) in [6.45, 7) is 2.51. The molecule has 1 fully saturated rings. The topological polar surface area (TPSA) is 95.9 Å². The summed E-state index contributed by atoms with van der Waals surface area (Å²) in [5, 5.41) is 12.2. The van der Waals surface area contributed by atoms with Crippen molar-refractivity contribution in [1.82, 2.24) is 10.2 Å². The van der Waals surface area contributed by atoms with Crippen molar-refractivity contribution in [1.29, 1.82) is 0 Å². The maximum atomic E-state index is 12.6. The van der Waals surface area contributed by atoms with Gasteiger partial charge in [0.25, 0.3) is 0 Å². The Morgan fingerprint density at radius 1 is 1.40 bits per heavy atom. The van der Waals surface area contributed by atoms with E-state index in [9.17, 15) is 19.5 Å². The summed E-state index contributed by atoms with van der Waals surface area (Å²) in [4.78, 5) is 38.3. The van der Waals surface area contributed by atoms with Crippen molar-refractivity contribution in [3.05, 3.63) is 12.2 Å². The largest absolute Gasteiger partial charge is 0.463 e. The number of hydrogen-bond acceptors (Lipinski definition) is 5. The molecule has 0 bridgehead atoms. The normalized spacial score (nSPS) is 28.7. The zero-order valence-electron chi connectivity index (χ0n) is 14.8. The Kier molecular flexibility index (Phi) is 7.43. The molecule has 140 valence electrons. The van der Waals surface area contributed by atoms with Gasteiger partial charge >= 0.3 is 5.97 Å². The number of hydrogen-bond donors (Lipinski definition) is 2. The molecule has 0 aromatic heterocycles. The van der Waals surface area contributed by atoms with Crippen molar-refractivity contribution >= 4 is 17.8 Å². The number of carbonyl (C=O) groups is 3. The lowest BCUT2D eigenvalue weighted by molar-refractivity contribution is -0.145. The van der Waals surface area contributed by atoms with Crippen LogP contribution in [0.4, 0.5) is 0 Å². The second-order valence-electron chi connectivity index (χ2n) is 6.81. The highest BCUT2D eigenvalue weighted by Crippen LogP contribution is 2.21. The van der Waals surface area contributed by atoms with Gasteiger partial charge < -0.3 is 20.1 Å². The van der Waals surface area contributed by atoms with Crippen LogP contribution in [0.2, 0.25) is 0 Å². The van der Waals surface area contributed by atoms with Gasteiger partial charge in [-0.05, 0) is 32.6 Å². The van der Waals surface area contributed by atoms with Crippen molar-refractivity contribution in [2.75, 3.05) is 19.8 Å². The van der Waals surface area contributed by atoms with Crippen LogP contribution in [0.25, 0.3) is 0 Å². The van der Waals surface area contributed by atoms with Gasteiger partial charge in [-0.2, -0.15) is 0 Å². The fraction of sp³-hybridized carbons (Fsp3) is 0.722. The van der Waals surface area contributed by atoms with E-state index in [-0.39, 0.29) is 49.5 Å². The molecule has 0 radical (unpaired) electrons. The number of likely N-dealkylation sites (tertiary alicyclic amines) is 1. The number of nitrogens with one attached hydrogen (secondary N) is 1. The number of carbonyl (C=O) groups excluding carboxylic acids is 3. The van der Waals surface area contributed by atoms with Gasteiger partial charge in [-0.25, -0.2) is 0 Å². The number of allylic oxidation sites excluding steroid dienone is 2. The van der Waals surface area contributed by atoms with E-state index in [1.165, 1.54) is 0 Å². The van der Waals surface area contributed by atoms with Gasteiger partial charge in [0.1, 0.15) is 6.61 Å². The standard InChI is InChI=1S/C18H28N2O5/c1-13-12-25-17(23)8-4-2-3-6-14(18(24)19-13)10-16(22)20-9-5-7-15(20)11-21/h2-3,13-15,21H,4-12H2,1H3,(H,19,24)/t13-,14+,15-/m0/s1. The fourth-order valence-corrected chi connectivity index (χ4v) is 3.24. The number of nitrogens with zero attached hydrogens (tertiary/aromatic N) is 1. The summed E-state index contributed by atoms with van der Waals surface area (Å²) in [5.74, 6) is -1.03. The maximum absolute atomic E-state index is 12.6. The monoisotopic (exact) mass is 352 g/mol. The van der Waals surface area contributed by atoms with E-state index >= 15 is 0 Å². The molecule has 2 aliphatic rings. The lowest BCUT2D eigenvalue weighted by Gasteiger charge is -2.26. The number of aliphatic hydroxyl groups is 1. The van der Waals surface area contributed by atoms with Crippen molar-refractivity contribution in [3.8, 4) is 0 Å². The minimum absolute atomic E-state index is 0.0368. The van der Waals surface area contributed by atoms with Crippen molar-refractivity contribution in [3.63, 3.8) is 0 Å². The molecule has 0 spiro atoms. The van der Waals surface area contributed by atoms with E-state index < -0.39 is 5.92 Å². The average Bonchev–Trinajstić information content (AvgIpc) is 3.06. The predicted octanol–water partition coefficient (Wildman–Crippen LogP) is 0.764. The van der Waals surface area contributed by atoms with Crippen LogP contribution in [0.3, 0.4) is 0 Å². The van der Waals surface area contributed by atoms with Gasteiger partial charge in [-0.3, -0.25) is 14.4 Å². The number of rotatable bonds is 3. The number of aliphatic hydroxyl groups excluding tert-OH is 1. The summed E-state index contributed by atoms with van der Waals surface area (Å²) in [6, 6.07) is -0.426. The third-order valence-electron chi connectivity index (χ3n) is 4.69. The van der Waals surface area contributed by atoms with Gasteiger partial charge in [0.15, 0.2) is 0 Å². The Balaban J connectivity index is 2.01. The van der Waals surface area contributed by atoms with Crippen molar-refractivity contribution in [2.45, 2.75) is 57.5 Å². The van der Waals surface area contributed by atoms with Crippen molar-refractivity contribution in [2.24, 2.45) is 5.92 Å². The van der Waals surface area contributed by atoms with E-state index in [0.29, 0.717) is 25.8 Å². The zero-order chi connectivity index (χ0) is 18.2. The number of cyclic esters (lactones) is 1. The molecule has 0 aliphatic carbocycles. The summed E-state index contributed by atoms with van der Waals surface area (Å²) in [5.41, 5.74) is 0. The van der Waals surface area contributed by atoms with E-state index in [2.05, 4.69) is 5.32 Å². The quantitative estimate of drug-likeness (QED) is 0.578. The van der Waals surface area contributed by atoms with Crippen LogP contribution in [0, 0.1) is 5.92 Å². The third kappa shape index (κ3) is 5.85. The Morgan fingerprint density at radius 2 is 2.20 bits per heavy atom. The molecule has 25 heavy (non-hydrogen) atoms. The molecule has 0 saturated carbocycles. The number of ether oxygens (including phenoxy) is 1. The summed E-state index contributed by atoms with van der Waals surface area (Å²) in [6.07, 6.45) is 6.85. The highest BCUT2D eigenvalue weighted by molar-refractivity contribution is 5.86. The molecular weight excluding hydrogens is 324 g/mol. The molecule has 2 heterocycles. The predicted molar refractivity (Wildman–Crippen MR) is 91.5 cm³/mol. The first-order valence-corrected chi connectivity index (χ1v) is 9.02. The van der Waals surface area contributed by atoms with E-state index in [4.69, 9.17) is 4.74 Å². The molecule has 0 aromatic carbocycles.